The number of nitrogens with one attached hydrogen (secondary N) is 1. The van der Waals surface area contributed by atoms with Crippen LogP contribution in [0.15, 0.2) is 30.3 Å². The summed E-state index contributed by atoms with van der Waals surface area (Å²) in [4.78, 5) is 44.9. The Morgan fingerprint density at radius 1 is 1.07 bits per heavy atom. The lowest BCUT2D eigenvalue weighted by atomic mass is 10.1. The molecular formula is C22H22N2O5. The molecule has 1 N–H and O–H groups in total. The number of para-hydroxylation sites is 1. The summed E-state index contributed by atoms with van der Waals surface area (Å²) in [6, 6.07) is 8.88. The van der Waals surface area contributed by atoms with Crippen molar-refractivity contribution in [3.63, 3.8) is 0 Å². The number of esters is 2. The van der Waals surface area contributed by atoms with E-state index in [0.717, 1.165) is 0 Å². The summed E-state index contributed by atoms with van der Waals surface area (Å²) in [5.74, 6) is -1.57. The van der Waals surface area contributed by atoms with Crippen molar-refractivity contribution >= 4 is 28.6 Å². The summed E-state index contributed by atoms with van der Waals surface area (Å²) in [5, 5.41) is 0.655. The second-order valence-corrected chi connectivity index (χ2v) is 6.86. The fourth-order valence-electron chi connectivity index (χ4n) is 3.36. The zero-order valence-electron chi connectivity index (χ0n) is 17.0. The van der Waals surface area contributed by atoms with Gasteiger partial charge in [-0.2, -0.15) is 0 Å². The molecule has 0 bridgehead atoms. The lowest BCUT2D eigenvalue weighted by molar-refractivity contribution is 0.0318. The maximum absolute atomic E-state index is 12.9. The van der Waals surface area contributed by atoms with E-state index in [1.165, 1.54) is 14.0 Å². The van der Waals surface area contributed by atoms with Gasteiger partial charge in [0.15, 0.2) is 6.10 Å². The van der Waals surface area contributed by atoms with Crippen LogP contribution in [-0.4, -0.2) is 40.9 Å². The molecule has 2 heterocycles. The highest BCUT2D eigenvalue weighted by atomic mass is 16.5. The Morgan fingerprint density at radius 2 is 1.76 bits per heavy atom. The van der Waals surface area contributed by atoms with Gasteiger partial charge in [0, 0.05) is 16.8 Å². The molecule has 0 aliphatic heterocycles. The highest BCUT2D eigenvalue weighted by Gasteiger charge is 2.28. The van der Waals surface area contributed by atoms with Crippen LogP contribution in [0.4, 0.5) is 0 Å². The van der Waals surface area contributed by atoms with E-state index >= 15 is 0 Å². The Bertz CT molecular complexity index is 1130. The van der Waals surface area contributed by atoms with Gasteiger partial charge >= 0.3 is 11.9 Å². The van der Waals surface area contributed by atoms with Gasteiger partial charge in [-0.1, -0.05) is 18.2 Å². The van der Waals surface area contributed by atoms with Gasteiger partial charge < -0.3 is 14.5 Å². The quantitative estimate of drug-likeness (QED) is 0.523. The fraction of sp³-hybridized carbons (Fsp3) is 0.273. The number of benzene rings is 1. The number of rotatable bonds is 5. The molecule has 0 aliphatic carbocycles. The van der Waals surface area contributed by atoms with E-state index < -0.39 is 23.8 Å². The van der Waals surface area contributed by atoms with E-state index in [1.807, 2.05) is 18.2 Å². The third kappa shape index (κ3) is 3.76. The van der Waals surface area contributed by atoms with E-state index in [0.29, 0.717) is 39.0 Å². The van der Waals surface area contributed by atoms with Crippen molar-refractivity contribution in [3.05, 3.63) is 64.1 Å². The first-order chi connectivity index (χ1) is 13.7. The van der Waals surface area contributed by atoms with Crippen LogP contribution in [0.3, 0.4) is 0 Å². The van der Waals surface area contributed by atoms with Gasteiger partial charge in [0.2, 0.25) is 5.78 Å². The largest absolute Gasteiger partial charge is 0.465 e. The van der Waals surface area contributed by atoms with E-state index in [2.05, 4.69) is 9.97 Å². The molecule has 7 heteroatoms. The Labute approximate surface area is 168 Å². The maximum atomic E-state index is 12.9. The number of H-pyrrole nitrogens is 1. The van der Waals surface area contributed by atoms with Crippen LogP contribution in [0.1, 0.15) is 55.1 Å². The summed E-state index contributed by atoms with van der Waals surface area (Å²) in [7, 11) is 1.28. The van der Waals surface area contributed by atoms with E-state index in [-0.39, 0.29) is 5.69 Å². The van der Waals surface area contributed by atoms with Crippen LogP contribution in [0, 0.1) is 20.8 Å². The number of ketones is 1. The molecular weight excluding hydrogens is 372 g/mol. The average molecular weight is 394 g/mol. The van der Waals surface area contributed by atoms with Crippen molar-refractivity contribution in [1.29, 1.82) is 0 Å². The first-order valence-electron chi connectivity index (χ1n) is 9.13. The second-order valence-electron chi connectivity index (χ2n) is 6.86. The lowest BCUT2D eigenvalue weighted by Gasteiger charge is -2.14. The number of aryl methyl sites for hydroxylation is 2. The third-order valence-electron chi connectivity index (χ3n) is 4.79. The number of carbonyl (C=O) groups is 3. The van der Waals surface area contributed by atoms with Crippen LogP contribution >= 0.6 is 0 Å². The minimum atomic E-state index is -1.04. The van der Waals surface area contributed by atoms with Gasteiger partial charge in [-0.05, 0) is 45.4 Å². The Morgan fingerprint density at radius 3 is 2.45 bits per heavy atom. The highest BCUT2D eigenvalue weighted by molar-refractivity contribution is 6.07. The summed E-state index contributed by atoms with van der Waals surface area (Å²) in [6.45, 7) is 6.62. The van der Waals surface area contributed by atoms with Gasteiger partial charge in [0.25, 0.3) is 0 Å². The van der Waals surface area contributed by atoms with E-state index in [9.17, 15) is 14.4 Å². The number of fused-ring (bicyclic) bond motifs is 1. The molecule has 3 aromatic rings. The molecule has 29 heavy (non-hydrogen) atoms. The number of pyridine rings is 1. The smallest absolute Gasteiger partial charge is 0.339 e. The zero-order chi connectivity index (χ0) is 21.3. The standard InChI is InChI=1S/C22H22N2O5/c1-11-10-16(15-8-6-7-9-17(15)23-11)21(26)29-14(4)20(25)19-12(2)18(13(3)24-19)22(27)28-5/h6-10,14,24H,1-5H3. The first kappa shape index (κ1) is 20.3. The minimum absolute atomic E-state index is 0.221. The molecule has 0 amide bonds. The van der Waals surface area contributed by atoms with Gasteiger partial charge in [-0.15, -0.1) is 0 Å². The van der Waals surface area contributed by atoms with Crippen molar-refractivity contribution < 1.29 is 23.9 Å². The predicted molar refractivity (Wildman–Crippen MR) is 107 cm³/mol. The molecule has 2 aromatic heterocycles. The molecule has 150 valence electrons. The van der Waals surface area contributed by atoms with Crippen molar-refractivity contribution in [2.24, 2.45) is 0 Å². The number of methoxy groups -OCH3 is 1. The summed E-state index contributed by atoms with van der Waals surface area (Å²) < 4.78 is 10.2. The Kier molecular flexibility index (Phi) is 5.50. The van der Waals surface area contributed by atoms with Gasteiger partial charge in [0.1, 0.15) is 0 Å². The van der Waals surface area contributed by atoms with Crippen LogP contribution in [0.25, 0.3) is 10.9 Å². The Hall–Kier alpha value is -3.48. The first-order valence-corrected chi connectivity index (χ1v) is 9.13. The Balaban J connectivity index is 1.88. The fourth-order valence-corrected chi connectivity index (χ4v) is 3.36. The van der Waals surface area contributed by atoms with Crippen molar-refractivity contribution in [1.82, 2.24) is 9.97 Å². The summed E-state index contributed by atoms with van der Waals surface area (Å²) in [6.07, 6.45) is -1.04. The molecule has 0 radical (unpaired) electrons. The van der Waals surface area contributed by atoms with Gasteiger partial charge in [-0.3, -0.25) is 9.78 Å². The third-order valence-corrected chi connectivity index (χ3v) is 4.79. The predicted octanol–water partition coefficient (Wildman–Crippen LogP) is 3.70. The van der Waals surface area contributed by atoms with Crippen molar-refractivity contribution in [2.45, 2.75) is 33.8 Å². The maximum Gasteiger partial charge on any atom is 0.339 e. The molecule has 0 saturated heterocycles. The minimum Gasteiger partial charge on any atom is -0.465 e. The number of nitrogens with zero attached hydrogens (tertiary/aromatic N) is 1. The number of Topliss-reactive ketones (excluding diaryl/α,β-unsaturated/α-hetero) is 1. The van der Waals surface area contributed by atoms with Crippen LogP contribution in [-0.2, 0) is 9.47 Å². The monoisotopic (exact) mass is 394 g/mol. The number of aromatic nitrogens is 2. The molecule has 1 unspecified atom stereocenters. The van der Waals surface area contributed by atoms with Crippen LogP contribution in [0.5, 0.6) is 0 Å². The number of ether oxygens (including phenoxy) is 2. The molecule has 0 spiro atoms. The number of aromatic amines is 1. The SMILES string of the molecule is COC(=O)c1c(C)[nH]c(C(=O)C(C)OC(=O)c2cc(C)nc3ccccc23)c1C. The average Bonchev–Trinajstić information content (AvgIpc) is 2.99. The molecule has 0 aliphatic rings. The molecule has 7 nitrogen and oxygen atoms in total. The van der Waals surface area contributed by atoms with E-state index in [4.69, 9.17) is 9.47 Å². The topological polar surface area (TPSA) is 98.4 Å². The van der Waals surface area contributed by atoms with Crippen LogP contribution in [0.2, 0.25) is 0 Å². The highest BCUT2D eigenvalue weighted by Crippen LogP contribution is 2.23. The molecule has 1 atom stereocenters. The van der Waals surface area contributed by atoms with E-state index in [1.54, 1.807) is 32.9 Å². The van der Waals surface area contributed by atoms with Gasteiger partial charge in [-0.25, -0.2) is 9.59 Å². The van der Waals surface area contributed by atoms with Crippen molar-refractivity contribution in [2.75, 3.05) is 7.11 Å². The number of carbonyl (C=O) groups excluding carboxylic acids is 3. The number of hydrogen-bond donors (Lipinski definition) is 1. The van der Waals surface area contributed by atoms with Crippen molar-refractivity contribution in [3.8, 4) is 0 Å². The van der Waals surface area contributed by atoms with Crippen LogP contribution < -0.4 is 0 Å². The zero-order valence-corrected chi connectivity index (χ0v) is 17.0. The van der Waals surface area contributed by atoms with Gasteiger partial charge in [0.05, 0.1) is 29.4 Å². The molecule has 1 aromatic carbocycles. The molecule has 3 rings (SSSR count). The number of hydrogen-bond acceptors (Lipinski definition) is 6. The normalized spacial score (nSPS) is 11.9. The lowest BCUT2D eigenvalue weighted by Crippen LogP contribution is -2.25. The second kappa shape index (κ2) is 7.87. The summed E-state index contributed by atoms with van der Waals surface area (Å²) >= 11 is 0. The molecule has 0 fully saturated rings. The summed E-state index contributed by atoms with van der Waals surface area (Å²) in [5.41, 5.74) is 3.22. The molecule has 0 saturated carbocycles.